The largest absolute Gasteiger partial charge is 0.494 e. The monoisotopic (exact) mass is 303 g/mol. The van der Waals surface area contributed by atoms with Crippen LogP contribution in [0.4, 0.5) is 26.3 Å². The first-order chi connectivity index (χ1) is 9.86. The van der Waals surface area contributed by atoms with E-state index >= 15 is 0 Å². The molecule has 0 unspecified atom stereocenters. The molecule has 0 spiro atoms. The smallest absolute Gasteiger partial charge is 0.207 e. The standard InChI is InChI=1S/C13H6BF6O/c1-21-8-3-2-5(15)9(12(8)19)14-10-6(16)4-7(17)11(18)13(10)20/h2-4H,1H3. The van der Waals surface area contributed by atoms with E-state index in [2.05, 4.69) is 4.74 Å². The van der Waals surface area contributed by atoms with Crippen LogP contribution in [0.5, 0.6) is 5.75 Å². The van der Waals surface area contributed by atoms with Crippen molar-refractivity contribution in [1.29, 1.82) is 0 Å². The number of hydrogen-bond acceptors (Lipinski definition) is 1. The van der Waals surface area contributed by atoms with Gasteiger partial charge in [-0.05, 0) is 23.1 Å². The average molecular weight is 303 g/mol. The molecule has 21 heavy (non-hydrogen) atoms. The lowest BCUT2D eigenvalue weighted by Gasteiger charge is -2.10. The lowest BCUT2D eigenvalue weighted by molar-refractivity contribution is 0.386. The molecule has 2 aromatic carbocycles. The van der Waals surface area contributed by atoms with Crippen molar-refractivity contribution in [3.63, 3.8) is 0 Å². The molecule has 0 aromatic heterocycles. The predicted molar refractivity (Wildman–Crippen MR) is 64.2 cm³/mol. The number of halogens is 6. The van der Waals surface area contributed by atoms with Gasteiger partial charge in [-0.1, -0.05) is 0 Å². The molecule has 0 saturated carbocycles. The van der Waals surface area contributed by atoms with E-state index in [-0.39, 0.29) is 11.8 Å². The molecule has 0 aliphatic rings. The van der Waals surface area contributed by atoms with Gasteiger partial charge in [0, 0.05) is 6.07 Å². The molecule has 0 amide bonds. The zero-order valence-electron chi connectivity index (χ0n) is 10.5. The van der Waals surface area contributed by atoms with Crippen LogP contribution in [-0.2, 0) is 0 Å². The number of hydrogen-bond donors (Lipinski definition) is 0. The minimum Gasteiger partial charge on any atom is -0.494 e. The summed E-state index contributed by atoms with van der Waals surface area (Å²) in [6.45, 7) is 0. The van der Waals surface area contributed by atoms with Crippen LogP contribution in [0.25, 0.3) is 0 Å². The van der Waals surface area contributed by atoms with Gasteiger partial charge < -0.3 is 4.74 Å². The van der Waals surface area contributed by atoms with Gasteiger partial charge in [0.15, 0.2) is 29.0 Å². The van der Waals surface area contributed by atoms with Crippen molar-refractivity contribution in [2.45, 2.75) is 0 Å². The summed E-state index contributed by atoms with van der Waals surface area (Å²) in [7, 11) is 1.51. The van der Waals surface area contributed by atoms with Gasteiger partial charge in [-0.2, -0.15) is 0 Å². The van der Waals surface area contributed by atoms with Crippen LogP contribution in [0.3, 0.4) is 0 Å². The van der Waals surface area contributed by atoms with Crippen LogP contribution in [0.2, 0.25) is 0 Å². The molecule has 0 N–H and O–H groups in total. The zero-order chi connectivity index (χ0) is 15.7. The molecule has 2 rings (SSSR count). The summed E-state index contributed by atoms with van der Waals surface area (Å²) >= 11 is 0. The highest BCUT2D eigenvalue weighted by Gasteiger charge is 2.23. The van der Waals surface area contributed by atoms with Crippen LogP contribution >= 0.6 is 0 Å². The molecule has 0 atom stereocenters. The number of ether oxygens (including phenoxy) is 1. The highest BCUT2D eigenvalue weighted by atomic mass is 19.2. The Bertz CT molecular complexity index is 704. The van der Waals surface area contributed by atoms with Gasteiger partial charge >= 0.3 is 0 Å². The van der Waals surface area contributed by atoms with E-state index in [1.165, 1.54) is 0 Å². The minimum atomic E-state index is -1.94. The Morgan fingerprint density at radius 3 is 2.00 bits per heavy atom. The van der Waals surface area contributed by atoms with Crippen LogP contribution in [-0.4, -0.2) is 14.4 Å². The maximum Gasteiger partial charge on any atom is 0.207 e. The van der Waals surface area contributed by atoms with E-state index in [0.717, 1.165) is 19.2 Å². The molecule has 8 heteroatoms. The lowest BCUT2D eigenvalue weighted by atomic mass is 9.63. The zero-order valence-corrected chi connectivity index (χ0v) is 10.5. The van der Waals surface area contributed by atoms with E-state index in [0.29, 0.717) is 7.28 Å². The Hall–Kier alpha value is -2.12. The summed E-state index contributed by atoms with van der Waals surface area (Å²) < 4.78 is 84.8. The number of methoxy groups -OCH3 is 1. The van der Waals surface area contributed by atoms with Gasteiger partial charge in [-0.15, -0.1) is 0 Å². The third-order valence-electron chi connectivity index (χ3n) is 2.75. The summed E-state index contributed by atoms with van der Waals surface area (Å²) in [4.78, 5) is 0. The molecule has 0 aliphatic carbocycles. The van der Waals surface area contributed by atoms with E-state index in [1.807, 2.05) is 0 Å². The second-order valence-electron chi connectivity index (χ2n) is 4.00. The molecular weight excluding hydrogens is 297 g/mol. The van der Waals surface area contributed by atoms with Gasteiger partial charge in [-0.25, -0.2) is 26.3 Å². The van der Waals surface area contributed by atoms with Gasteiger partial charge in [0.25, 0.3) is 0 Å². The third-order valence-corrected chi connectivity index (χ3v) is 2.75. The topological polar surface area (TPSA) is 9.23 Å². The van der Waals surface area contributed by atoms with Crippen molar-refractivity contribution in [3.05, 3.63) is 53.1 Å². The Morgan fingerprint density at radius 2 is 1.38 bits per heavy atom. The molecule has 109 valence electrons. The van der Waals surface area contributed by atoms with Crippen LogP contribution in [0.15, 0.2) is 18.2 Å². The molecule has 0 fully saturated rings. The summed E-state index contributed by atoms with van der Waals surface area (Å²) in [6.07, 6.45) is 0. The average Bonchev–Trinajstić information content (AvgIpc) is 2.44. The Kier molecular flexibility index (Phi) is 4.15. The lowest BCUT2D eigenvalue weighted by Crippen LogP contribution is -2.37. The Morgan fingerprint density at radius 1 is 0.762 bits per heavy atom. The van der Waals surface area contributed by atoms with Crippen molar-refractivity contribution in [3.8, 4) is 5.75 Å². The first-order valence-corrected chi connectivity index (χ1v) is 5.56. The van der Waals surface area contributed by atoms with E-state index in [1.54, 1.807) is 0 Å². The van der Waals surface area contributed by atoms with Crippen molar-refractivity contribution >= 4 is 18.2 Å². The predicted octanol–water partition coefficient (Wildman–Crippen LogP) is 2.18. The summed E-state index contributed by atoms with van der Waals surface area (Å²) in [6, 6.07) is 1.86. The normalized spacial score (nSPS) is 10.6. The third kappa shape index (κ3) is 2.70. The van der Waals surface area contributed by atoms with Crippen molar-refractivity contribution in [2.24, 2.45) is 0 Å². The fourth-order valence-electron chi connectivity index (χ4n) is 1.70. The molecular formula is C13H6BF6O. The Balaban J connectivity index is 2.56. The fourth-order valence-corrected chi connectivity index (χ4v) is 1.70. The second-order valence-corrected chi connectivity index (χ2v) is 4.00. The first-order valence-electron chi connectivity index (χ1n) is 5.56. The molecule has 2 aromatic rings. The maximum atomic E-state index is 13.9. The van der Waals surface area contributed by atoms with Gasteiger partial charge in [0.1, 0.15) is 11.6 Å². The fraction of sp³-hybridized carbons (Fsp3) is 0.0769. The number of benzene rings is 2. The molecule has 1 nitrogen and oxygen atoms in total. The van der Waals surface area contributed by atoms with E-state index < -0.39 is 45.8 Å². The molecule has 0 heterocycles. The maximum absolute atomic E-state index is 13.9. The van der Waals surface area contributed by atoms with E-state index in [4.69, 9.17) is 0 Å². The van der Waals surface area contributed by atoms with Crippen molar-refractivity contribution in [2.75, 3.05) is 7.11 Å². The first kappa shape index (κ1) is 15.3. The molecule has 0 saturated heterocycles. The van der Waals surface area contributed by atoms with Crippen LogP contribution in [0, 0.1) is 34.9 Å². The minimum absolute atomic E-state index is 0.0836. The summed E-state index contributed by atoms with van der Waals surface area (Å²) in [5.41, 5.74) is -1.93. The number of rotatable bonds is 3. The van der Waals surface area contributed by atoms with Gasteiger partial charge in [0.05, 0.1) is 7.11 Å². The van der Waals surface area contributed by atoms with Crippen molar-refractivity contribution < 1.29 is 31.1 Å². The SMILES string of the molecule is COc1ccc(F)c([B]c2c(F)cc(F)c(F)c2F)c1F. The highest BCUT2D eigenvalue weighted by molar-refractivity contribution is 6.67. The van der Waals surface area contributed by atoms with Crippen LogP contribution < -0.4 is 15.7 Å². The van der Waals surface area contributed by atoms with Crippen LogP contribution in [0.1, 0.15) is 0 Å². The Labute approximate surface area is 116 Å². The molecule has 0 bridgehead atoms. The van der Waals surface area contributed by atoms with E-state index in [9.17, 15) is 26.3 Å². The van der Waals surface area contributed by atoms with Gasteiger partial charge in [0.2, 0.25) is 7.28 Å². The quantitative estimate of drug-likeness (QED) is 0.365. The van der Waals surface area contributed by atoms with Crippen molar-refractivity contribution in [1.82, 2.24) is 0 Å². The summed E-state index contributed by atoms with van der Waals surface area (Å²) in [5.74, 6) is -9.79. The van der Waals surface area contributed by atoms with Gasteiger partial charge in [-0.3, -0.25) is 0 Å². The second kappa shape index (κ2) is 5.71. The molecule has 1 radical (unpaired) electrons. The highest BCUT2D eigenvalue weighted by Crippen LogP contribution is 2.16. The summed E-state index contributed by atoms with van der Waals surface area (Å²) in [5, 5.41) is 0. The molecule has 0 aliphatic heterocycles.